The average Bonchev–Trinajstić information content (AvgIpc) is 3.77. The van der Waals surface area contributed by atoms with E-state index in [-0.39, 0.29) is 5.41 Å². The number of rotatable bonds is 7. The van der Waals surface area contributed by atoms with Crippen LogP contribution in [0.1, 0.15) is 26.3 Å². The maximum atomic E-state index is 6.95. The first-order valence-corrected chi connectivity index (χ1v) is 19.6. The van der Waals surface area contributed by atoms with Gasteiger partial charge in [0, 0.05) is 55.8 Å². The van der Waals surface area contributed by atoms with Crippen LogP contribution in [-0.4, -0.2) is 4.57 Å². The molecular formula is C52H39ClN2O2. The third-order valence-electron chi connectivity index (χ3n) is 10.8. The Bertz CT molecular complexity index is 3060. The molecule has 0 aliphatic rings. The summed E-state index contributed by atoms with van der Waals surface area (Å²) in [6.45, 7) is 6.71. The van der Waals surface area contributed by atoms with Crippen LogP contribution in [0.25, 0.3) is 60.6 Å². The number of benzene rings is 8. The van der Waals surface area contributed by atoms with Gasteiger partial charge in [-0.2, -0.15) is 0 Å². The number of nitrogens with zero attached hydrogens (tertiary/aromatic N) is 2. The Balaban J connectivity index is 1.16. The van der Waals surface area contributed by atoms with E-state index in [1.807, 2.05) is 42.5 Å². The van der Waals surface area contributed by atoms with Gasteiger partial charge in [0.05, 0.1) is 16.7 Å². The fourth-order valence-corrected chi connectivity index (χ4v) is 8.32. The Kier molecular flexibility index (Phi) is 8.39. The second kappa shape index (κ2) is 13.8. The molecule has 0 atom stereocenters. The molecule has 0 aliphatic heterocycles. The number of halogens is 1. The third kappa shape index (κ3) is 6.29. The molecule has 8 aromatic carbocycles. The smallest absolute Gasteiger partial charge is 0.136 e. The maximum Gasteiger partial charge on any atom is 0.136 e. The minimum absolute atomic E-state index is 0.0140. The molecule has 2 aromatic heterocycles. The zero-order chi connectivity index (χ0) is 38.7. The molecule has 276 valence electrons. The number of ether oxygens (including phenoxy) is 1. The molecule has 10 rings (SSSR count). The van der Waals surface area contributed by atoms with Gasteiger partial charge in [-0.25, -0.2) is 0 Å². The molecule has 0 amide bonds. The van der Waals surface area contributed by atoms with Crippen molar-refractivity contribution in [3.05, 3.63) is 193 Å². The van der Waals surface area contributed by atoms with Crippen LogP contribution in [0.15, 0.2) is 186 Å². The average molecular weight is 759 g/mol. The van der Waals surface area contributed by atoms with Crippen LogP contribution in [0, 0.1) is 0 Å². The van der Waals surface area contributed by atoms with Crippen LogP contribution in [0.4, 0.5) is 17.1 Å². The van der Waals surface area contributed by atoms with Crippen molar-refractivity contribution in [2.24, 2.45) is 0 Å². The minimum atomic E-state index is 0.0140. The summed E-state index contributed by atoms with van der Waals surface area (Å²) >= 11 is 6.69. The number of para-hydroxylation sites is 3. The lowest BCUT2D eigenvalue weighted by Crippen LogP contribution is -2.13. The van der Waals surface area contributed by atoms with Crippen molar-refractivity contribution >= 4 is 72.4 Å². The summed E-state index contributed by atoms with van der Waals surface area (Å²) in [5.41, 5.74) is 11.2. The lowest BCUT2D eigenvalue weighted by Gasteiger charge is -2.28. The van der Waals surface area contributed by atoms with Crippen LogP contribution < -0.4 is 9.64 Å². The van der Waals surface area contributed by atoms with E-state index in [4.69, 9.17) is 20.8 Å². The number of hydrogen-bond acceptors (Lipinski definition) is 3. The predicted octanol–water partition coefficient (Wildman–Crippen LogP) is 15.6. The Labute approximate surface area is 336 Å². The van der Waals surface area contributed by atoms with Crippen molar-refractivity contribution < 1.29 is 9.15 Å². The molecule has 57 heavy (non-hydrogen) atoms. The zero-order valence-electron chi connectivity index (χ0n) is 31.9. The van der Waals surface area contributed by atoms with E-state index < -0.39 is 0 Å². The first kappa shape index (κ1) is 34.7. The molecule has 0 saturated carbocycles. The van der Waals surface area contributed by atoms with E-state index in [1.54, 1.807) is 0 Å². The molecule has 0 aliphatic carbocycles. The largest absolute Gasteiger partial charge is 0.457 e. The van der Waals surface area contributed by atoms with E-state index in [2.05, 4.69) is 170 Å². The van der Waals surface area contributed by atoms with Crippen molar-refractivity contribution in [2.75, 3.05) is 4.90 Å². The summed E-state index contributed by atoms with van der Waals surface area (Å²) in [6, 6.07) is 63.2. The molecular weight excluding hydrogens is 720 g/mol. The van der Waals surface area contributed by atoms with E-state index >= 15 is 0 Å². The molecule has 10 aromatic rings. The Morgan fingerprint density at radius 2 is 1.19 bits per heavy atom. The number of furan rings is 1. The second-order valence-corrected chi connectivity index (χ2v) is 16.0. The summed E-state index contributed by atoms with van der Waals surface area (Å²) in [5.74, 6) is 1.43. The fourth-order valence-electron chi connectivity index (χ4n) is 8.14. The molecule has 0 radical (unpaired) electrons. The fraction of sp³-hybridized carbons (Fsp3) is 0.0769. The number of aromatic nitrogens is 1. The molecule has 2 heterocycles. The second-order valence-electron chi connectivity index (χ2n) is 15.6. The maximum absolute atomic E-state index is 6.95. The lowest BCUT2D eigenvalue weighted by molar-refractivity contribution is 0.483. The molecule has 5 heteroatoms. The van der Waals surface area contributed by atoms with Crippen molar-refractivity contribution in [1.29, 1.82) is 0 Å². The Hall–Kier alpha value is -6.75. The van der Waals surface area contributed by atoms with Crippen molar-refractivity contribution in [1.82, 2.24) is 4.57 Å². The van der Waals surface area contributed by atoms with Crippen molar-refractivity contribution in [3.63, 3.8) is 0 Å². The topological polar surface area (TPSA) is 30.5 Å². The van der Waals surface area contributed by atoms with Gasteiger partial charge >= 0.3 is 0 Å². The normalized spacial score (nSPS) is 11.9. The highest BCUT2D eigenvalue weighted by Gasteiger charge is 2.21. The molecule has 0 bridgehead atoms. The van der Waals surface area contributed by atoms with Gasteiger partial charge < -0.3 is 18.6 Å². The molecule has 0 N–H and O–H groups in total. The first-order valence-electron chi connectivity index (χ1n) is 19.3. The highest BCUT2D eigenvalue weighted by atomic mass is 35.5. The molecule has 4 nitrogen and oxygen atoms in total. The number of hydrogen-bond donors (Lipinski definition) is 0. The van der Waals surface area contributed by atoms with Crippen LogP contribution in [0.3, 0.4) is 0 Å². The van der Waals surface area contributed by atoms with E-state index in [9.17, 15) is 0 Å². The summed E-state index contributed by atoms with van der Waals surface area (Å²) in [5, 5.41) is 5.23. The van der Waals surface area contributed by atoms with E-state index in [0.717, 1.165) is 72.6 Å². The van der Waals surface area contributed by atoms with Crippen molar-refractivity contribution in [2.45, 2.75) is 26.2 Å². The minimum Gasteiger partial charge on any atom is -0.457 e. The van der Waals surface area contributed by atoms with Crippen LogP contribution >= 0.6 is 11.6 Å². The molecule has 0 fully saturated rings. The highest BCUT2D eigenvalue weighted by Crippen LogP contribution is 2.44. The van der Waals surface area contributed by atoms with Gasteiger partial charge in [0.2, 0.25) is 0 Å². The van der Waals surface area contributed by atoms with Crippen LogP contribution in [-0.2, 0) is 5.41 Å². The monoisotopic (exact) mass is 758 g/mol. The molecule has 0 spiro atoms. The zero-order valence-corrected chi connectivity index (χ0v) is 32.7. The van der Waals surface area contributed by atoms with Crippen LogP contribution in [0.5, 0.6) is 11.5 Å². The Morgan fingerprint density at radius 3 is 1.93 bits per heavy atom. The summed E-state index contributed by atoms with van der Waals surface area (Å²) in [4.78, 5) is 2.25. The lowest BCUT2D eigenvalue weighted by atomic mass is 9.87. The predicted molar refractivity (Wildman–Crippen MR) is 238 cm³/mol. The van der Waals surface area contributed by atoms with Gasteiger partial charge in [-0.3, -0.25) is 0 Å². The summed E-state index contributed by atoms with van der Waals surface area (Å²) in [6.07, 6.45) is 0. The van der Waals surface area contributed by atoms with Gasteiger partial charge in [-0.05, 0) is 101 Å². The van der Waals surface area contributed by atoms with Crippen molar-refractivity contribution in [3.8, 4) is 28.3 Å². The SMILES string of the molecule is CC(C)(C)c1ccc(N(c2cccc(Cl)c2)c2cc(Oc3cccc(-n4c5ccccc5c5ccccc54)c3)cc(-c3cccc4oc5ccccc5c34)c2)cc1. The Morgan fingerprint density at radius 1 is 0.526 bits per heavy atom. The molecule has 0 saturated heterocycles. The van der Waals surface area contributed by atoms with Gasteiger partial charge in [-0.1, -0.05) is 123 Å². The summed E-state index contributed by atoms with van der Waals surface area (Å²) < 4.78 is 15.6. The van der Waals surface area contributed by atoms with Gasteiger partial charge in [-0.15, -0.1) is 0 Å². The standard InChI is InChI=1S/C52H39ClN2O2/c1-52(2,3)35-25-27-37(28-26-35)54(38-14-10-13-36(53)31-38)40-29-34(43-20-12-24-50-51(43)46-19-6-9-23-49(46)57-50)30-42(33-40)56-41-16-11-15-39(32-41)55-47-21-7-4-17-44(47)45-18-5-8-22-48(45)55/h4-33H,1-3H3. The van der Waals surface area contributed by atoms with E-state index in [0.29, 0.717) is 10.8 Å². The quantitative estimate of drug-likeness (QED) is 0.162. The van der Waals surface area contributed by atoms with Gasteiger partial charge in [0.25, 0.3) is 0 Å². The number of fused-ring (bicyclic) bond motifs is 6. The summed E-state index contributed by atoms with van der Waals surface area (Å²) in [7, 11) is 0. The third-order valence-corrected chi connectivity index (χ3v) is 11.0. The molecule has 0 unspecified atom stereocenters. The van der Waals surface area contributed by atoms with Gasteiger partial charge in [0.15, 0.2) is 0 Å². The highest BCUT2D eigenvalue weighted by molar-refractivity contribution is 6.30. The van der Waals surface area contributed by atoms with E-state index in [1.165, 1.54) is 16.3 Å². The van der Waals surface area contributed by atoms with Gasteiger partial charge in [0.1, 0.15) is 22.7 Å². The first-order chi connectivity index (χ1) is 27.8. The number of anilines is 3. The van der Waals surface area contributed by atoms with Crippen LogP contribution in [0.2, 0.25) is 5.02 Å².